The van der Waals surface area contributed by atoms with Crippen molar-refractivity contribution >= 4 is 24.0 Å². The molecule has 0 bridgehead atoms. The van der Waals surface area contributed by atoms with Gasteiger partial charge in [-0.3, -0.25) is 14.9 Å². The molecule has 2 unspecified atom stereocenters. The molecule has 1 saturated heterocycles. The van der Waals surface area contributed by atoms with E-state index in [0.717, 1.165) is 18.5 Å². The van der Waals surface area contributed by atoms with Crippen molar-refractivity contribution in [2.24, 2.45) is 11.7 Å². The molecule has 2 atom stereocenters. The number of nitro benzene ring substituents is 1. The van der Waals surface area contributed by atoms with Crippen LogP contribution in [0.5, 0.6) is 0 Å². The van der Waals surface area contributed by atoms with Crippen LogP contribution in [0, 0.1) is 16.0 Å². The Morgan fingerprint density at radius 2 is 2.10 bits per heavy atom. The third-order valence-corrected chi connectivity index (χ3v) is 3.82. The monoisotopic (exact) mass is 313 g/mol. The van der Waals surface area contributed by atoms with Crippen molar-refractivity contribution in [2.75, 3.05) is 13.1 Å². The molecule has 0 aromatic heterocycles. The van der Waals surface area contributed by atoms with Crippen LogP contribution in [-0.4, -0.2) is 34.9 Å². The van der Waals surface area contributed by atoms with E-state index < -0.39 is 4.92 Å². The summed E-state index contributed by atoms with van der Waals surface area (Å²) in [5.41, 5.74) is 6.69. The fourth-order valence-electron chi connectivity index (χ4n) is 2.46. The molecule has 0 spiro atoms. The molecule has 1 aliphatic rings. The average Bonchev–Trinajstić information content (AvgIpc) is 2.89. The lowest BCUT2D eigenvalue weighted by atomic mass is 10.0. The van der Waals surface area contributed by atoms with Gasteiger partial charge in [-0.25, -0.2) is 0 Å². The normalized spacial score (nSPS) is 19.0. The number of carbonyl (C=O) groups is 1. The quantitative estimate of drug-likeness (QED) is 0.677. The summed E-state index contributed by atoms with van der Waals surface area (Å²) in [7, 11) is 0. The predicted molar refractivity (Wildman–Crippen MR) is 82.4 cm³/mol. The van der Waals surface area contributed by atoms with Gasteiger partial charge in [-0.1, -0.05) is 12.1 Å². The summed E-state index contributed by atoms with van der Waals surface area (Å²) >= 11 is 0. The van der Waals surface area contributed by atoms with Gasteiger partial charge in [0.05, 0.1) is 11.3 Å². The molecular formula is C14H20ClN3O3. The molecule has 1 amide bonds. The van der Waals surface area contributed by atoms with Gasteiger partial charge in [0.25, 0.3) is 5.69 Å². The molecule has 2 N–H and O–H groups in total. The molecule has 0 aliphatic carbocycles. The first-order chi connectivity index (χ1) is 9.47. The Labute approximate surface area is 129 Å². The number of nitrogens with two attached hydrogens (primary N) is 1. The number of non-ortho nitro benzene ring substituents is 1. The summed E-state index contributed by atoms with van der Waals surface area (Å²) in [5.74, 6) is 0.429. The van der Waals surface area contributed by atoms with E-state index in [1.807, 2.05) is 11.8 Å². The summed E-state index contributed by atoms with van der Waals surface area (Å²) in [6.07, 6.45) is 1.23. The molecule has 1 fully saturated rings. The predicted octanol–water partition coefficient (Wildman–Crippen LogP) is 1.75. The lowest BCUT2D eigenvalue weighted by Crippen LogP contribution is -2.33. The first-order valence-electron chi connectivity index (χ1n) is 6.74. The van der Waals surface area contributed by atoms with Crippen LogP contribution in [0.2, 0.25) is 0 Å². The minimum absolute atomic E-state index is 0. The van der Waals surface area contributed by atoms with Crippen LogP contribution < -0.4 is 5.73 Å². The highest BCUT2D eigenvalue weighted by Crippen LogP contribution is 2.20. The molecule has 116 valence electrons. The lowest BCUT2D eigenvalue weighted by Gasteiger charge is -2.18. The summed E-state index contributed by atoms with van der Waals surface area (Å²) in [4.78, 5) is 24.1. The SMILES string of the molecule is CC(N)C1CCN(C(=O)Cc2ccc([N+](=O)[O-])cc2)C1.Cl. The first-order valence-corrected chi connectivity index (χ1v) is 6.74. The van der Waals surface area contributed by atoms with Crippen LogP contribution in [0.25, 0.3) is 0 Å². The van der Waals surface area contributed by atoms with Crippen molar-refractivity contribution in [3.63, 3.8) is 0 Å². The molecule has 1 heterocycles. The van der Waals surface area contributed by atoms with Crippen LogP contribution in [-0.2, 0) is 11.2 Å². The molecule has 7 heteroatoms. The van der Waals surface area contributed by atoms with Gasteiger partial charge in [0.1, 0.15) is 0 Å². The highest BCUT2D eigenvalue weighted by molar-refractivity contribution is 5.85. The average molecular weight is 314 g/mol. The third kappa shape index (κ3) is 4.41. The number of hydrogen-bond acceptors (Lipinski definition) is 4. The van der Waals surface area contributed by atoms with E-state index in [0.29, 0.717) is 12.5 Å². The highest BCUT2D eigenvalue weighted by Gasteiger charge is 2.28. The van der Waals surface area contributed by atoms with E-state index in [1.165, 1.54) is 12.1 Å². The van der Waals surface area contributed by atoms with Gasteiger partial charge in [-0.05, 0) is 24.8 Å². The number of nitrogens with zero attached hydrogens (tertiary/aromatic N) is 2. The fraction of sp³-hybridized carbons (Fsp3) is 0.500. The van der Waals surface area contributed by atoms with Gasteiger partial charge in [-0.2, -0.15) is 0 Å². The van der Waals surface area contributed by atoms with Crippen LogP contribution >= 0.6 is 12.4 Å². The van der Waals surface area contributed by atoms with E-state index in [2.05, 4.69) is 0 Å². The maximum absolute atomic E-state index is 12.2. The van der Waals surface area contributed by atoms with Crippen molar-refractivity contribution in [3.05, 3.63) is 39.9 Å². The standard InChI is InChI=1S/C14H19N3O3.ClH/c1-10(15)12-6-7-16(9-12)14(18)8-11-2-4-13(5-3-11)17(19)20;/h2-5,10,12H,6-9,15H2,1H3;1H. The lowest BCUT2D eigenvalue weighted by molar-refractivity contribution is -0.384. The Morgan fingerprint density at radius 3 is 2.57 bits per heavy atom. The Balaban J connectivity index is 0.00000220. The number of hydrogen-bond donors (Lipinski definition) is 1. The van der Waals surface area contributed by atoms with Gasteiger partial charge in [-0.15, -0.1) is 12.4 Å². The van der Waals surface area contributed by atoms with Crippen LogP contribution in [0.15, 0.2) is 24.3 Å². The summed E-state index contributed by atoms with van der Waals surface area (Å²) in [6, 6.07) is 6.23. The summed E-state index contributed by atoms with van der Waals surface area (Å²) in [6.45, 7) is 3.43. The maximum atomic E-state index is 12.2. The third-order valence-electron chi connectivity index (χ3n) is 3.82. The first kappa shape index (κ1) is 17.4. The van der Waals surface area contributed by atoms with Gasteiger partial charge < -0.3 is 10.6 Å². The van der Waals surface area contributed by atoms with Crippen molar-refractivity contribution in [3.8, 4) is 0 Å². The summed E-state index contributed by atoms with van der Waals surface area (Å²) < 4.78 is 0. The molecule has 1 aromatic rings. The van der Waals surface area contributed by atoms with Gasteiger partial charge in [0, 0.05) is 31.3 Å². The van der Waals surface area contributed by atoms with E-state index in [9.17, 15) is 14.9 Å². The number of benzene rings is 1. The molecule has 1 aliphatic heterocycles. The van der Waals surface area contributed by atoms with Gasteiger partial charge in [0.15, 0.2) is 0 Å². The molecule has 1 aromatic carbocycles. The Bertz CT molecular complexity index is 505. The Hall–Kier alpha value is -1.66. The molecule has 2 rings (SSSR count). The smallest absolute Gasteiger partial charge is 0.269 e. The second-order valence-electron chi connectivity index (χ2n) is 5.35. The van der Waals surface area contributed by atoms with E-state index in [1.54, 1.807) is 12.1 Å². The zero-order chi connectivity index (χ0) is 14.7. The van der Waals surface area contributed by atoms with E-state index in [4.69, 9.17) is 5.73 Å². The van der Waals surface area contributed by atoms with Crippen molar-refractivity contribution in [1.29, 1.82) is 0 Å². The zero-order valence-corrected chi connectivity index (χ0v) is 12.7. The van der Waals surface area contributed by atoms with Crippen molar-refractivity contribution in [1.82, 2.24) is 4.90 Å². The van der Waals surface area contributed by atoms with Crippen molar-refractivity contribution in [2.45, 2.75) is 25.8 Å². The molecule has 0 saturated carbocycles. The minimum atomic E-state index is -0.445. The van der Waals surface area contributed by atoms with Crippen LogP contribution in [0.4, 0.5) is 5.69 Å². The largest absolute Gasteiger partial charge is 0.342 e. The molecule has 0 radical (unpaired) electrons. The van der Waals surface area contributed by atoms with Gasteiger partial charge in [0.2, 0.25) is 5.91 Å². The Kier molecular flexibility index (Phi) is 6.11. The maximum Gasteiger partial charge on any atom is 0.269 e. The Morgan fingerprint density at radius 1 is 1.48 bits per heavy atom. The van der Waals surface area contributed by atoms with E-state index >= 15 is 0 Å². The van der Waals surface area contributed by atoms with Gasteiger partial charge >= 0.3 is 0 Å². The summed E-state index contributed by atoms with van der Waals surface area (Å²) in [5, 5.41) is 10.6. The topological polar surface area (TPSA) is 89.5 Å². The molecular weight excluding hydrogens is 294 g/mol. The van der Waals surface area contributed by atoms with E-state index in [-0.39, 0.29) is 36.5 Å². The number of rotatable bonds is 4. The second kappa shape index (κ2) is 7.38. The van der Waals surface area contributed by atoms with Crippen molar-refractivity contribution < 1.29 is 9.72 Å². The van der Waals surface area contributed by atoms with Crippen LogP contribution in [0.3, 0.4) is 0 Å². The molecule has 21 heavy (non-hydrogen) atoms. The zero-order valence-electron chi connectivity index (χ0n) is 11.9. The highest BCUT2D eigenvalue weighted by atomic mass is 35.5. The fourth-order valence-corrected chi connectivity index (χ4v) is 2.46. The minimum Gasteiger partial charge on any atom is -0.342 e. The number of carbonyl (C=O) groups excluding carboxylic acids is 1. The van der Waals surface area contributed by atoms with Crippen LogP contribution in [0.1, 0.15) is 18.9 Å². The second-order valence-corrected chi connectivity index (χ2v) is 5.35. The number of halogens is 1. The molecule has 6 nitrogen and oxygen atoms in total. The number of likely N-dealkylation sites (tertiary alicyclic amines) is 1. The number of nitro groups is 1. The number of amides is 1.